The molecule has 0 spiro atoms. The van der Waals surface area contributed by atoms with E-state index in [-0.39, 0.29) is 44.2 Å². The topological polar surface area (TPSA) is 216 Å². The maximum Gasteiger partial charge on any atom is 0.326 e. The van der Waals surface area contributed by atoms with Crippen molar-refractivity contribution in [1.82, 2.24) is 31.8 Å². The molecule has 4 aromatic carbocycles. The molecule has 8 N–H and O–H groups in total. The normalized spacial score (nSPS) is 13.5. The molecule has 4 rings (SSSR count). The summed E-state index contributed by atoms with van der Waals surface area (Å²) in [7, 11) is 0. The van der Waals surface area contributed by atoms with Crippen molar-refractivity contribution in [2.45, 2.75) is 163 Å². The van der Waals surface area contributed by atoms with Gasteiger partial charge in [-0.25, -0.2) is 15.6 Å². The van der Waals surface area contributed by atoms with Crippen LogP contribution in [0.2, 0.25) is 0 Å². The van der Waals surface area contributed by atoms with E-state index in [1.165, 1.54) is 47.6 Å². The van der Waals surface area contributed by atoms with Gasteiger partial charge in [0.2, 0.25) is 11.8 Å². The molecule has 0 saturated carbocycles. The average Bonchev–Trinajstić information content (AvgIpc) is 3.37. The van der Waals surface area contributed by atoms with Crippen LogP contribution in [0.5, 0.6) is 0 Å². The van der Waals surface area contributed by atoms with Crippen LogP contribution < -0.4 is 27.8 Å². The fourth-order valence-electron chi connectivity index (χ4n) is 9.24. The summed E-state index contributed by atoms with van der Waals surface area (Å²) >= 11 is 0. The van der Waals surface area contributed by atoms with Gasteiger partial charge in [-0.1, -0.05) is 171 Å². The molecule has 72 heavy (non-hydrogen) atoms. The Morgan fingerprint density at radius 3 is 1.89 bits per heavy atom. The largest absolute Gasteiger partial charge is 0.481 e. The van der Waals surface area contributed by atoms with Gasteiger partial charge < -0.3 is 19.8 Å². The molecule has 0 aromatic heterocycles. The van der Waals surface area contributed by atoms with E-state index in [2.05, 4.69) is 72.2 Å². The average molecular weight is 992 g/mol. The number of aliphatic carboxylic acids is 2. The molecule has 2 amide bonds. The van der Waals surface area contributed by atoms with Gasteiger partial charge in [-0.3, -0.25) is 30.0 Å². The summed E-state index contributed by atoms with van der Waals surface area (Å²) in [5.74, 6) is 2.54. The maximum absolute atomic E-state index is 14.0. The monoisotopic (exact) mass is 992 g/mol. The van der Waals surface area contributed by atoms with Gasteiger partial charge in [0.1, 0.15) is 12.2 Å². The van der Waals surface area contributed by atoms with E-state index >= 15 is 0 Å². The van der Waals surface area contributed by atoms with Gasteiger partial charge >= 0.3 is 17.9 Å². The van der Waals surface area contributed by atoms with Crippen molar-refractivity contribution in [3.8, 4) is 22.3 Å². The van der Waals surface area contributed by atoms with Crippen molar-refractivity contribution in [3.05, 3.63) is 119 Å². The van der Waals surface area contributed by atoms with Crippen LogP contribution >= 0.6 is 0 Å². The van der Waals surface area contributed by atoms with Crippen LogP contribution in [0, 0.1) is 11.8 Å². The second kappa shape index (κ2) is 30.8. The van der Waals surface area contributed by atoms with Gasteiger partial charge in [0.25, 0.3) is 0 Å². The van der Waals surface area contributed by atoms with Crippen LogP contribution in [0.1, 0.15) is 160 Å². The van der Waals surface area contributed by atoms with E-state index in [0.717, 1.165) is 51.8 Å². The molecule has 0 radical (unpaired) electrons. The van der Waals surface area contributed by atoms with Crippen molar-refractivity contribution in [2.75, 3.05) is 6.61 Å². The third kappa shape index (κ3) is 18.0. The molecule has 392 valence electrons. The number of benzene rings is 4. The number of hydrogen-bond donors (Lipinski definition) is 7. The zero-order valence-electron chi connectivity index (χ0n) is 43.6. The summed E-state index contributed by atoms with van der Waals surface area (Å²) < 4.78 is 5.37. The first-order valence-corrected chi connectivity index (χ1v) is 26.0. The van der Waals surface area contributed by atoms with Crippen LogP contribution in [0.3, 0.4) is 0 Å². The first kappa shape index (κ1) is 58.6. The van der Waals surface area contributed by atoms with E-state index in [9.17, 15) is 34.2 Å². The second-order valence-corrected chi connectivity index (χ2v) is 19.1. The minimum absolute atomic E-state index is 0.142. The molecule has 0 aliphatic rings. The Morgan fingerprint density at radius 1 is 0.681 bits per heavy atom. The zero-order chi connectivity index (χ0) is 52.6. The maximum atomic E-state index is 14.0. The Kier molecular flexibility index (Phi) is 25.1. The van der Waals surface area contributed by atoms with Crippen LogP contribution in [-0.4, -0.2) is 68.5 Å². The van der Waals surface area contributed by atoms with Gasteiger partial charge in [0.15, 0.2) is 0 Å². The summed E-state index contributed by atoms with van der Waals surface area (Å²) in [4.78, 5) is 65.9. The van der Waals surface area contributed by atoms with Gasteiger partial charge in [-0.2, -0.15) is 11.1 Å². The fraction of sp³-hybridized carbons (Fsp3) is 0.491. The standard InChI is InChI=1S/C57H81N7O8/c1-8-12-14-18-43(17-10-3)45-30-32-46(33-31-45)44-26-22-41(23-27-44)37-48(36-40(7)57(71)72-11-4)64(52(66)34-35-53(67)68)62-61-60-55(59-58)50-20-16-15-19-49(50)47-28-24-42(25-29-47)38-63(51(65)21-13-9-2)54(39(5)6)56(69)70/h15-16,19-20,22-33,39-40,43,48,54-55,59-62H,8-14,17-18,21,34-38,58H2,1-7H3,(H,67,68)(H,69,70)/t40-,43?,48?,54?,55?/m1/s1. The SMILES string of the molecule is CCCCCC(CCC)c1ccc(-c2ccc(CC(C[C@@H](C)C(=O)OCC)N(NNNC(NN)c3ccccc3-c3ccc(CN(C(=O)CCCC)C(C(=O)O)C(C)C)cc3)C(=O)CCC(=O)O)cc2)cc1. The zero-order valence-corrected chi connectivity index (χ0v) is 43.6. The van der Waals surface area contributed by atoms with E-state index in [0.29, 0.717) is 18.8 Å². The number of ether oxygens (including phenoxy) is 1. The molecule has 4 aromatic rings. The van der Waals surface area contributed by atoms with Crippen LogP contribution in [0.4, 0.5) is 0 Å². The quantitative estimate of drug-likeness (QED) is 0.00779. The second-order valence-electron chi connectivity index (χ2n) is 19.1. The van der Waals surface area contributed by atoms with Crippen molar-refractivity contribution < 1.29 is 38.9 Å². The molecule has 15 nitrogen and oxygen atoms in total. The number of rotatable bonds is 33. The Bertz CT molecular complexity index is 2290. The molecule has 0 fully saturated rings. The van der Waals surface area contributed by atoms with Gasteiger partial charge in [0.05, 0.1) is 25.0 Å². The van der Waals surface area contributed by atoms with Crippen molar-refractivity contribution in [1.29, 1.82) is 0 Å². The van der Waals surface area contributed by atoms with E-state index in [4.69, 9.17) is 10.6 Å². The number of carbonyl (C=O) groups excluding carboxylic acids is 3. The third-order valence-electron chi connectivity index (χ3n) is 13.2. The van der Waals surface area contributed by atoms with Crippen LogP contribution in [0.25, 0.3) is 22.3 Å². The first-order chi connectivity index (χ1) is 34.6. The Morgan fingerprint density at radius 2 is 1.31 bits per heavy atom. The van der Waals surface area contributed by atoms with Gasteiger partial charge in [-0.15, -0.1) is 0 Å². The van der Waals surface area contributed by atoms with Crippen LogP contribution in [0.15, 0.2) is 97.1 Å². The minimum atomic E-state index is -1.12. The molecular formula is C57H81N7O8. The van der Waals surface area contributed by atoms with Crippen molar-refractivity contribution in [3.63, 3.8) is 0 Å². The fourth-order valence-corrected chi connectivity index (χ4v) is 9.24. The van der Waals surface area contributed by atoms with Crippen LogP contribution in [-0.2, 0) is 41.7 Å². The van der Waals surface area contributed by atoms with Crippen molar-refractivity contribution in [2.24, 2.45) is 17.7 Å². The number of hydrazine groups is 4. The highest BCUT2D eigenvalue weighted by molar-refractivity contribution is 5.84. The van der Waals surface area contributed by atoms with E-state index < -0.39 is 54.4 Å². The molecule has 0 bridgehead atoms. The van der Waals surface area contributed by atoms with E-state index in [1.54, 1.807) is 27.7 Å². The molecule has 0 heterocycles. The van der Waals surface area contributed by atoms with Gasteiger partial charge in [0, 0.05) is 19.4 Å². The number of carboxylic acid groups (broad SMARTS) is 2. The highest BCUT2D eigenvalue weighted by atomic mass is 16.5. The number of unbranched alkanes of at least 4 members (excludes halogenated alkanes) is 3. The number of nitrogens with one attached hydrogen (secondary N) is 4. The van der Waals surface area contributed by atoms with Gasteiger partial charge in [-0.05, 0) is 95.4 Å². The summed E-state index contributed by atoms with van der Waals surface area (Å²) in [6, 6.07) is 30.5. The molecule has 0 saturated heterocycles. The lowest BCUT2D eigenvalue weighted by molar-refractivity contribution is -0.153. The minimum Gasteiger partial charge on any atom is -0.481 e. The van der Waals surface area contributed by atoms with E-state index in [1.807, 2.05) is 67.6 Å². The molecule has 0 aliphatic carbocycles. The number of hydrogen-bond acceptors (Lipinski definition) is 11. The predicted molar refractivity (Wildman–Crippen MR) is 283 cm³/mol. The lowest BCUT2D eigenvalue weighted by atomic mass is 9.88. The highest BCUT2D eigenvalue weighted by Crippen LogP contribution is 2.31. The lowest BCUT2D eigenvalue weighted by Crippen LogP contribution is -2.61. The number of esters is 1. The summed E-state index contributed by atoms with van der Waals surface area (Å²) in [6.45, 7) is 13.9. The smallest absolute Gasteiger partial charge is 0.326 e. The Labute approximate surface area is 427 Å². The molecule has 5 atom stereocenters. The summed E-state index contributed by atoms with van der Waals surface area (Å²) in [5, 5.41) is 21.0. The number of nitrogens with zero attached hydrogens (tertiary/aromatic N) is 2. The molecule has 15 heteroatoms. The number of amides is 2. The predicted octanol–water partition coefficient (Wildman–Crippen LogP) is 9.98. The summed E-state index contributed by atoms with van der Waals surface area (Å²) in [5.41, 5.74) is 19.4. The summed E-state index contributed by atoms with van der Waals surface area (Å²) in [6.07, 6.45) is 8.00. The number of carbonyl (C=O) groups is 5. The first-order valence-electron chi connectivity index (χ1n) is 26.0. The Hall–Kier alpha value is -5.97. The number of nitrogens with two attached hydrogens (primary N) is 1. The number of carboxylic acids is 2. The molecule has 4 unspecified atom stereocenters. The molecular weight excluding hydrogens is 911 g/mol. The van der Waals surface area contributed by atoms with Crippen molar-refractivity contribution >= 4 is 29.7 Å². The third-order valence-corrected chi connectivity index (χ3v) is 13.2. The molecule has 0 aliphatic heterocycles. The Balaban J connectivity index is 1.58. The highest BCUT2D eigenvalue weighted by Gasteiger charge is 2.33. The lowest BCUT2D eigenvalue weighted by Gasteiger charge is -2.34.